The lowest BCUT2D eigenvalue weighted by Crippen LogP contribution is -2.30. The number of carbonyl (C=O) groups is 1. The summed E-state index contributed by atoms with van der Waals surface area (Å²) in [7, 11) is 0. The lowest BCUT2D eigenvalue weighted by atomic mass is 10.1. The van der Waals surface area contributed by atoms with Gasteiger partial charge in [0.05, 0.1) is 6.61 Å². The molecule has 1 unspecified atom stereocenters. The van der Waals surface area contributed by atoms with E-state index in [4.69, 9.17) is 16.3 Å². The van der Waals surface area contributed by atoms with Crippen LogP contribution in [0.2, 0.25) is 5.02 Å². The molecule has 1 saturated heterocycles. The molecule has 1 amide bonds. The Morgan fingerprint density at radius 1 is 1.50 bits per heavy atom. The van der Waals surface area contributed by atoms with E-state index in [9.17, 15) is 4.79 Å². The predicted octanol–water partition coefficient (Wildman–Crippen LogP) is 1.25. The van der Waals surface area contributed by atoms with Crippen molar-refractivity contribution in [3.05, 3.63) is 28.3 Å². The topological polar surface area (TPSA) is 50.4 Å². The number of hydrogen-bond donors (Lipinski definition) is 2. The minimum absolute atomic E-state index is 0.111. The molecule has 1 atom stereocenters. The number of hydrogen-bond acceptors (Lipinski definition) is 3. The van der Waals surface area contributed by atoms with E-state index in [1.807, 2.05) is 12.1 Å². The van der Waals surface area contributed by atoms with Crippen molar-refractivity contribution in [3.8, 4) is 5.75 Å². The highest BCUT2D eigenvalue weighted by molar-refractivity contribution is 6.30. The van der Waals surface area contributed by atoms with E-state index < -0.39 is 0 Å². The fraction of sp³-hybridized carbons (Fsp3) is 0.462. The molecule has 1 aromatic rings. The second-order valence-electron chi connectivity index (χ2n) is 4.74. The normalized spacial score (nSPS) is 21.6. The molecule has 0 spiro atoms. The number of halogens is 1. The Kier molecular flexibility index (Phi) is 3.14. The van der Waals surface area contributed by atoms with Gasteiger partial charge in [0.25, 0.3) is 0 Å². The zero-order chi connectivity index (χ0) is 12.5. The van der Waals surface area contributed by atoms with Gasteiger partial charge in [-0.25, -0.2) is 0 Å². The molecule has 0 aliphatic carbocycles. The molecule has 1 aromatic carbocycles. The first-order chi connectivity index (χ1) is 8.72. The highest BCUT2D eigenvalue weighted by Crippen LogP contribution is 2.32. The van der Waals surface area contributed by atoms with Crippen molar-refractivity contribution in [2.45, 2.75) is 25.4 Å². The van der Waals surface area contributed by atoms with E-state index in [0.717, 1.165) is 29.4 Å². The summed E-state index contributed by atoms with van der Waals surface area (Å²) in [5.74, 6) is 1.07. The monoisotopic (exact) mass is 266 g/mol. The summed E-state index contributed by atoms with van der Waals surface area (Å²) in [6.45, 7) is 2.11. The van der Waals surface area contributed by atoms with Crippen LogP contribution in [-0.2, 0) is 17.8 Å². The van der Waals surface area contributed by atoms with Gasteiger partial charge in [0.15, 0.2) is 0 Å². The van der Waals surface area contributed by atoms with Gasteiger partial charge in [0.1, 0.15) is 5.75 Å². The first-order valence-electron chi connectivity index (χ1n) is 6.16. The summed E-state index contributed by atoms with van der Waals surface area (Å²) in [5, 5.41) is 6.92. The summed E-state index contributed by atoms with van der Waals surface area (Å²) in [6, 6.07) is 4.10. The van der Waals surface area contributed by atoms with Gasteiger partial charge >= 0.3 is 0 Å². The average Bonchev–Trinajstić information content (AvgIpc) is 2.94. The lowest BCUT2D eigenvalue weighted by Gasteiger charge is -2.13. The zero-order valence-corrected chi connectivity index (χ0v) is 10.7. The predicted molar refractivity (Wildman–Crippen MR) is 68.9 cm³/mol. The molecule has 0 radical (unpaired) electrons. The summed E-state index contributed by atoms with van der Waals surface area (Å²) in [5.41, 5.74) is 2.26. The standard InChI is InChI=1S/C13H15ClN2O2/c14-10-3-8-1-2-18-13(8)9(4-10)6-15-11-5-12(17)16-7-11/h3-4,11,15H,1-2,5-7H2,(H,16,17). The van der Waals surface area contributed by atoms with Crippen LogP contribution in [0.1, 0.15) is 17.5 Å². The Morgan fingerprint density at radius 2 is 2.39 bits per heavy atom. The first kappa shape index (κ1) is 11.8. The Balaban J connectivity index is 1.71. The Bertz CT molecular complexity index is 490. The quantitative estimate of drug-likeness (QED) is 0.866. The van der Waals surface area contributed by atoms with Gasteiger partial charge in [0, 0.05) is 42.6 Å². The summed E-state index contributed by atoms with van der Waals surface area (Å²) in [6.07, 6.45) is 1.47. The van der Waals surface area contributed by atoms with Gasteiger partial charge in [-0.2, -0.15) is 0 Å². The van der Waals surface area contributed by atoms with Gasteiger partial charge in [-0.15, -0.1) is 0 Å². The fourth-order valence-corrected chi connectivity index (χ4v) is 2.74. The highest BCUT2D eigenvalue weighted by atomic mass is 35.5. The molecule has 4 nitrogen and oxygen atoms in total. The van der Waals surface area contributed by atoms with Crippen LogP contribution in [0, 0.1) is 0 Å². The van der Waals surface area contributed by atoms with E-state index in [2.05, 4.69) is 10.6 Å². The zero-order valence-electron chi connectivity index (χ0n) is 9.96. The van der Waals surface area contributed by atoms with Crippen molar-refractivity contribution in [2.24, 2.45) is 0 Å². The second-order valence-corrected chi connectivity index (χ2v) is 5.17. The summed E-state index contributed by atoms with van der Waals surface area (Å²) in [4.78, 5) is 11.1. The van der Waals surface area contributed by atoms with E-state index in [0.29, 0.717) is 19.5 Å². The van der Waals surface area contributed by atoms with Crippen molar-refractivity contribution in [1.82, 2.24) is 10.6 Å². The molecule has 2 aliphatic heterocycles. The maximum absolute atomic E-state index is 11.1. The van der Waals surface area contributed by atoms with Gasteiger partial charge in [0.2, 0.25) is 5.91 Å². The number of carbonyl (C=O) groups excluding carboxylic acids is 1. The molecule has 3 rings (SSSR count). The van der Waals surface area contributed by atoms with Crippen LogP contribution >= 0.6 is 11.6 Å². The van der Waals surface area contributed by atoms with E-state index in [-0.39, 0.29) is 11.9 Å². The maximum Gasteiger partial charge on any atom is 0.221 e. The number of nitrogens with one attached hydrogen (secondary N) is 2. The van der Waals surface area contributed by atoms with Gasteiger partial charge < -0.3 is 15.4 Å². The number of ether oxygens (including phenoxy) is 1. The number of fused-ring (bicyclic) bond motifs is 1. The smallest absolute Gasteiger partial charge is 0.221 e. The third-order valence-electron chi connectivity index (χ3n) is 3.38. The fourth-order valence-electron chi connectivity index (χ4n) is 2.48. The Hall–Kier alpha value is -1.26. The lowest BCUT2D eigenvalue weighted by molar-refractivity contribution is -0.119. The first-order valence-corrected chi connectivity index (χ1v) is 6.54. The van der Waals surface area contributed by atoms with Crippen molar-refractivity contribution in [3.63, 3.8) is 0 Å². The second kappa shape index (κ2) is 4.78. The number of benzene rings is 1. The molecule has 18 heavy (non-hydrogen) atoms. The average molecular weight is 267 g/mol. The minimum atomic E-state index is 0.111. The van der Waals surface area contributed by atoms with Crippen LogP contribution < -0.4 is 15.4 Å². The molecular weight excluding hydrogens is 252 g/mol. The van der Waals surface area contributed by atoms with Crippen LogP contribution in [0.4, 0.5) is 0 Å². The minimum Gasteiger partial charge on any atom is -0.493 e. The van der Waals surface area contributed by atoms with Crippen molar-refractivity contribution in [1.29, 1.82) is 0 Å². The molecule has 5 heteroatoms. The van der Waals surface area contributed by atoms with Gasteiger partial charge in [-0.3, -0.25) is 4.79 Å². The molecule has 0 saturated carbocycles. The molecule has 2 aliphatic rings. The Morgan fingerprint density at radius 3 is 3.17 bits per heavy atom. The molecule has 2 N–H and O–H groups in total. The number of amides is 1. The van der Waals surface area contributed by atoms with Crippen molar-refractivity contribution < 1.29 is 9.53 Å². The molecule has 0 bridgehead atoms. The van der Waals surface area contributed by atoms with Crippen LogP contribution in [0.15, 0.2) is 12.1 Å². The van der Waals surface area contributed by atoms with Crippen molar-refractivity contribution >= 4 is 17.5 Å². The van der Waals surface area contributed by atoms with Crippen LogP contribution in [0.25, 0.3) is 0 Å². The third kappa shape index (κ3) is 2.31. The SMILES string of the molecule is O=C1CC(NCc2cc(Cl)cc3c2OCC3)CN1. The van der Waals surface area contributed by atoms with E-state index in [1.165, 1.54) is 5.56 Å². The molecule has 1 fully saturated rings. The summed E-state index contributed by atoms with van der Waals surface area (Å²) < 4.78 is 5.64. The molecular formula is C13H15ClN2O2. The third-order valence-corrected chi connectivity index (χ3v) is 3.60. The van der Waals surface area contributed by atoms with Crippen LogP contribution in [0.5, 0.6) is 5.75 Å². The van der Waals surface area contributed by atoms with Crippen LogP contribution in [0.3, 0.4) is 0 Å². The van der Waals surface area contributed by atoms with Gasteiger partial charge in [-0.05, 0) is 17.7 Å². The number of rotatable bonds is 3. The molecule has 96 valence electrons. The molecule has 2 heterocycles. The Labute approximate surface area is 111 Å². The highest BCUT2D eigenvalue weighted by Gasteiger charge is 2.22. The van der Waals surface area contributed by atoms with E-state index >= 15 is 0 Å². The van der Waals surface area contributed by atoms with Crippen molar-refractivity contribution in [2.75, 3.05) is 13.2 Å². The maximum atomic E-state index is 11.1. The van der Waals surface area contributed by atoms with E-state index in [1.54, 1.807) is 0 Å². The largest absolute Gasteiger partial charge is 0.493 e. The molecule has 0 aromatic heterocycles. The van der Waals surface area contributed by atoms with Crippen LogP contribution in [-0.4, -0.2) is 25.1 Å². The summed E-state index contributed by atoms with van der Waals surface area (Å²) >= 11 is 6.10. The van der Waals surface area contributed by atoms with Gasteiger partial charge in [-0.1, -0.05) is 11.6 Å².